The molecule has 2 aromatic heterocycles. The normalized spacial score (nSPS) is 15.5. The molecule has 0 bridgehead atoms. The minimum Gasteiger partial charge on any atom is -0.349 e. The molecule has 3 aromatic rings. The van der Waals surface area contributed by atoms with Gasteiger partial charge in [0.1, 0.15) is 0 Å². The lowest BCUT2D eigenvalue weighted by Crippen LogP contribution is -2.40. The third kappa shape index (κ3) is 3.68. The van der Waals surface area contributed by atoms with E-state index in [4.69, 9.17) is 0 Å². The summed E-state index contributed by atoms with van der Waals surface area (Å²) in [5, 5.41) is 9.38. The highest BCUT2D eigenvalue weighted by Crippen LogP contribution is 2.28. The van der Waals surface area contributed by atoms with Crippen LogP contribution in [0.2, 0.25) is 0 Å². The molecule has 1 aromatic carbocycles. The minimum atomic E-state index is 0.0210. The lowest BCUT2D eigenvalue weighted by atomic mass is 9.97. The highest BCUT2D eigenvalue weighted by Gasteiger charge is 2.25. The van der Waals surface area contributed by atoms with Gasteiger partial charge in [0.05, 0.1) is 10.9 Å². The molecule has 128 valence electrons. The first kappa shape index (κ1) is 16.5. The Kier molecular flexibility index (Phi) is 4.97. The Morgan fingerprint density at radius 3 is 2.76 bits per heavy atom. The summed E-state index contributed by atoms with van der Waals surface area (Å²) in [5.41, 5.74) is 4.14. The van der Waals surface area contributed by atoms with Crippen molar-refractivity contribution in [3.8, 4) is 0 Å². The fraction of sp³-hybridized carbons (Fsp3) is 0.250. The molecule has 0 saturated heterocycles. The van der Waals surface area contributed by atoms with Gasteiger partial charge < -0.3 is 5.32 Å². The predicted molar refractivity (Wildman–Crippen MR) is 104 cm³/mol. The zero-order chi connectivity index (χ0) is 17.1. The highest BCUT2D eigenvalue weighted by molar-refractivity contribution is 7.12. The van der Waals surface area contributed by atoms with Crippen molar-refractivity contribution in [2.24, 2.45) is 0 Å². The minimum absolute atomic E-state index is 0.0210. The van der Waals surface area contributed by atoms with Crippen molar-refractivity contribution < 1.29 is 4.79 Å². The van der Waals surface area contributed by atoms with Gasteiger partial charge in [-0.3, -0.25) is 9.69 Å². The molecule has 0 radical (unpaired) electrons. The maximum absolute atomic E-state index is 12.3. The lowest BCUT2D eigenvalue weighted by molar-refractivity contribution is 0.0932. The van der Waals surface area contributed by atoms with Gasteiger partial charge in [-0.2, -0.15) is 11.3 Å². The van der Waals surface area contributed by atoms with Gasteiger partial charge in [0.25, 0.3) is 5.91 Å². The maximum Gasteiger partial charge on any atom is 0.261 e. The molecule has 1 aliphatic heterocycles. The van der Waals surface area contributed by atoms with E-state index < -0.39 is 0 Å². The van der Waals surface area contributed by atoms with Crippen LogP contribution in [-0.4, -0.2) is 23.9 Å². The molecule has 0 unspecified atom stereocenters. The summed E-state index contributed by atoms with van der Waals surface area (Å²) >= 11 is 3.20. The van der Waals surface area contributed by atoms with Gasteiger partial charge in [0, 0.05) is 19.6 Å². The van der Waals surface area contributed by atoms with E-state index in [1.807, 2.05) is 17.5 Å². The van der Waals surface area contributed by atoms with Crippen LogP contribution in [0.3, 0.4) is 0 Å². The summed E-state index contributed by atoms with van der Waals surface area (Å²) in [4.78, 5) is 15.6. The fourth-order valence-corrected chi connectivity index (χ4v) is 4.74. The Hall–Kier alpha value is -1.95. The van der Waals surface area contributed by atoms with Crippen LogP contribution in [0.1, 0.15) is 32.4 Å². The Bertz CT molecular complexity index is 827. The second kappa shape index (κ2) is 7.52. The zero-order valence-corrected chi connectivity index (χ0v) is 15.5. The van der Waals surface area contributed by atoms with E-state index in [2.05, 4.69) is 51.3 Å². The molecule has 0 saturated carbocycles. The molecular formula is C20H20N2OS2. The Balaban J connectivity index is 1.50. The summed E-state index contributed by atoms with van der Waals surface area (Å²) in [6, 6.07) is 14.8. The van der Waals surface area contributed by atoms with E-state index in [0.717, 1.165) is 24.4 Å². The number of nitrogens with zero attached hydrogens (tertiary/aromatic N) is 1. The Morgan fingerprint density at radius 2 is 2.00 bits per heavy atom. The van der Waals surface area contributed by atoms with E-state index in [0.29, 0.717) is 6.54 Å². The van der Waals surface area contributed by atoms with E-state index >= 15 is 0 Å². The third-order valence-electron chi connectivity index (χ3n) is 4.73. The second-order valence-electron chi connectivity index (χ2n) is 6.25. The number of rotatable bonds is 5. The molecule has 3 heterocycles. The average Bonchev–Trinajstić information content (AvgIpc) is 3.35. The summed E-state index contributed by atoms with van der Waals surface area (Å²) in [6.07, 6.45) is 1.07. The van der Waals surface area contributed by atoms with E-state index in [1.165, 1.54) is 28.0 Å². The quantitative estimate of drug-likeness (QED) is 0.727. The van der Waals surface area contributed by atoms with Crippen LogP contribution in [-0.2, 0) is 13.0 Å². The number of hydrogen-bond donors (Lipinski definition) is 1. The monoisotopic (exact) mass is 368 g/mol. The summed E-state index contributed by atoms with van der Waals surface area (Å²) < 4.78 is 0. The number of fused-ring (bicyclic) bond motifs is 1. The first-order chi connectivity index (χ1) is 12.3. The largest absolute Gasteiger partial charge is 0.349 e. The van der Waals surface area contributed by atoms with Crippen LogP contribution >= 0.6 is 22.7 Å². The number of carbonyl (C=O) groups is 1. The first-order valence-corrected chi connectivity index (χ1v) is 10.3. The molecule has 4 rings (SSSR count). The second-order valence-corrected chi connectivity index (χ2v) is 7.98. The van der Waals surface area contributed by atoms with Crippen molar-refractivity contribution in [2.75, 3.05) is 13.1 Å². The van der Waals surface area contributed by atoms with Crippen LogP contribution in [0, 0.1) is 0 Å². The first-order valence-electron chi connectivity index (χ1n) is 8.46. The highest BCUT2D eigenvalue weighted by atomic mass is 32.1. The number of thiophene rings is 2. The molecule has 0 fully saturated rings. The molecule has 0 aliphatic carbocycles. The average molecular weight is 369 g/mol. The summed E-state index contributed by atoms with van der Waals surface area (Å²) in [6.45, 7) is 2.59. The number of carbonyl (C=O) groups excluding carboxylic acids is 1. The maximum atomic E-state index is 12.3. The zero-order valence-electron chi connectivity index (χ0n) is 13.9. The van der Waals surface area contributed by atoms with Crippen LogP contribution in [0.5, 0.6) is 0 Å². The van der Waals surface area contributed by atoms with Crippen LogP contribution in [0.15, 0.2) is 58.6 Å². The van der Waals surface area contributed by atoms with Crippen molar-refractivity contribution in [3.05, 3.63) is 80.2 Å². The van der Waals surface area contributed by atoms with Gasteiger partial charge in [-0.15, -0.1) is 11.3 Å². The smallest absolute Gasteiger partial charge is 0.261 e. The number of amides is 1. The van der Waals surface area contributed by atoms with E-state index in [-0.39, 0.29) is 11.9 Å². The van der Waals surface area contributed by atoms with Gasteiger partial charge in [-0.1, -0.05) is 30.3 Å². The molecule has 1 N–H and O–H groups in total. The summed E-state index contributed by atoms with van der Waals surface area (Å²) in [5.74, 6) is 0.0210. The topological polar surface area (TPSA) is 32.3 Å². The molecular weight excluding hydrogens is 348 g/mol. The molecule has 1 amide bonds. The van der Waals surface area contributed by atoms with E-state index in [9.17, 15) is 4.79 Å². The Morgan fingerprint density at radius 1 is 1.12 bits per heavy atom. The van der Waals surface area contributed by atoms with Crippen molar-refractivity contribution in [1.29, 1.82) is 0 Å². The fourth-order valence-electron chi connectivity index (χ4n) is 3.39. The van der Waals surface area contributed by atoms with Crippen molar-refractivity contribution in [3.63, 3.8) is 0 Å². The van der Waals surface area contributed by atoms with E-state index in [1.54, 1.807) is 11.3 Å². The third-order valence-corrected chi connectivity index (χ3v) is 6.30. The van der Waals surface area contributed by atoms with Gasteiger partial charge in [-0.25, -0.2) is 0 Å². The SMILES string of the molecule is O=C(NC[C@H](c1ccsc1)N1CCc2ccccc2C1)c1cccs1. The van der Waals surface area contributed by atoms with Gasteiger partial charge in [0.15, 0.2) is 0 Å². The molecule has 5 heteroatoms. The van der Waals surface area contributed by atoms with Gasteiger partial charge >= 0.3 is 0 Å². The van der Waals surface area contributed by atoms with Crippen molar-refractivity contribution in [2.45, 2.75) is 19.0 Å². The Labute approximate surface area is 155 Å². The molecule has 1 aliphatic rings. The molecule has 1 atom stereocenters. The number of nitrogens with one attached hydrogen (secondary N) is 1. The summed E-state index contributed by atoms with van der Waals surface area (Å²) in [7, 11) is 0. The number of benzene rings is 1. The van der Waals surface area contributed by atoms with Gasteiger partial charge in [0.2, 0.25) is 0 Å². The van der Waals surface area contributed by atoms with Crippen molar-refractivity contribution in [1.82, 2.24) is 10.2 Å². The number of hydrogen-bond acceptors (Lipinski definition) is 4. The standard InChI is InChI=1S/C20H20N2OS2/c23-20(19-6-3-10-25-19)21-12-18(17-8-11-24-14-17)22-9-7-15-4-1-2-5-16(15)13-22/h1-6,8,10-11,14,18H,7,9,12-13H2,(H,21,23)/t18-/m1/s1. The molecule has 25 heavy (non-hydrogen) atoms. The molecule has 0 spiro atoms. The lowest BCUT2D eigenvalue weighted by Gasteiger charge is -2.35. The van der Waals surface area contributed by atoms with Crippen molar-refractivity contribution >= 4 is 28.6 Å². The van der Waals surface area contributed by atoms with Crippen LogP contribution in [0.4, 0.5) is 0 Å². The molecule has 3 nitrogen and oxygen atoms in total. The van der Waals surface area contributed by atoms with Crippen LogP contribution < -0.4 is 5.32 Å². The van der Waals surface area contributed by atoms with Gasteiger partial charge in [-0.05, 0) is 51.4 Å². The predicted octanol–water partition coefficient (Wildman–Crippen LogP) is 4.34. The van der Waals surface area contributed by atoms with Crippen LogP contribution in [0.25, 0.3) is 0 Å².